The Morgan fingerprint density at radius 2 is 2.29 bits per heavy atom. The number of nitrogens with zero attached hydrogens (tertiary/aromatic N) is 1. The molecular formula is C15H15BrN2O2S. The van der Waals surface area contributed by atoms with E-state index in [1.807, 2.05) is 24.3 Å². The first-order chi connectivity index (χ1) is 10.1. The van der Waals surface area contributed by atoms with Crippen LogP contribution in [-0.4, -0.2) is 19.2 Å². The summed E-state index contributed by atoms with van der Waals surface area (Å²) in [6.45, 7) is 3.18. The molecule has 110 valence electrons. The molecule has 2 aromatic rings. The number of rotatable bonds is 4. The molecule has 1 atom stereocenters. The fourth-order valence-corrected chi connectivity index (χ4v) is 3.72. The van der Waals surface area contributed by atoms with Crippen LogP contribution < -0.4 is 10.2 Å². The van der Waals surface area contributed by atoms with Crippen molar-refractivity contribution < 1.29 is 9.53 Å². The van der Waals surface area contributed by atoms with Gasteiger partial charge in [0, 0.05) is 26.1 Å². The summed E-state index contributed by atoms with van der Waals surface area (Å²) in [5, 5.41) is 5.53. The van der Waals surface area contributed by atoms with Gasteiger partial charge in [-0.15, -0.1) is 11.3 Å². The number of amides is 1. The topological polar surface area (TPSA) is 41.6 Å². The van der Waals surface area contributed by atoms with E-state index in [4.69, 9.17) is 4.74 Å². The molecule has 3 rings (SSSR count). The van der Waals surface area contributed by atoms with Gasteiger partial charge >= 0.3 is 6.09 Å². The van der Waals surface area contributed by atoms with E-state index in [2.05, 4.69) is 39.6 Å². The zero-order chi connectivity index (χ0) is 14.8. The molecule has 0 radical (unpaired) electrons. The van der Waals surface area contributed by atoms with Crippen molar-refractivity contribution >= 4 is 44.7 Å². The number of cyclic esters (lactones) is 1. The molecule has 1 amide bonds. The fourth-order valence-electron chi connectivity index (χ4n) is 2.27. The normalized spacial score (nSPS) is 15.9. The van der Waals surface area contributed by atoms with Gasteiger partial charge in [-0.2, -0.15) is 0 Å². The van der Waals surface area contributed by atoms with E-state index >= 15 is 0 Å². The molecular weight excluding hydrogens is 352 g/mol. The molecule has 1 aliphatic heterocycles. The van der Waals surface area contributed by atoms with Gasteiger partial charge in [-0.3, -0.25) is 4.90 Å². The highest BCUT2D eigenvalue weighted by atomic mass is 79.9. The van der Waals surface area contributed by atoms with Crippen molar-refractivity contribution in [3.05, 3.63) is 45.1 Å². The highest BCUT2D eigenvalue weighted by Gasteiger charge is 2.23. The third-order valence-electron chi connectivity index (χ3n) is 3.32. The summed E-state index contributed by atoms with van der Waals surface area (Å²) in [5.74, 6) is 0. The molecule has 0 aliphatic carbocycles. The zero-order valence-corrected chi connectivity index (χ0v) is 13.9. The molecule has 0 bridgehead atoms. The second-order valence-electron chi connectivity index (χ2n) is 4.85. The lowest BCUT2D eigenvalue weighted by molar-refractivity contribution is 0.181. The van der Waals surface area contributed by atoms with Gasteiger partial charge in [0.05, 0.1) is 12.6 Å². The van der Waals surface area contributed by atoms with Crippen LogP contribution >= 0.6 is 27.3 Å². The Hall–Kier alpha value is -1.53. The van der Waals surface area contributed by atoms with Gasteiger partial charge < -0.3 is 10.1 Å². The maximum Gasteiger partial charge on any atom is 0.414 e. The lowest BCUT2D eigenvalue weighted by atomic mass is 10.2. The van der Waals surface area contributed by atoms with Gasteiger partial charge in [-0.25, -0.2) is 4.79 Å². The molecule has 1 fully saturated rings. The summed E-state index contributed by atoms with van der Waals surface area (Å²) < 4.78 is 6.08. The first-order valence-electron chi connectivity index (χ1n) is 6.68. The summed E-state index contributed by atoms with van der Waals surface area (Å²) in [6.07, 6.45) is -0.276. The Kier molecular flexibility index (Phi) is 4.17. The van der Waals surface area contributed by atoms with Gasteiger partial charge in [-0.05, 0) is 47.1 Å². The monoisotopic (exact) mass is 366 g/mol. The van der Waals surface area contributed by atoms with Crippen LogP contribution in [0.4, 0.5) is 16.2 Å². The van der Waals surface area contributed by atoms with Crippen LogP contribution in [0.25, 0.3) is 0 Å². The van der Waals surface area contributed by atoms with Crippen LogP contribution in [-0.2, 0) is 4.74 Å². The average molecular weight is 367 g/mol. The van der Waals surface area contributed by atoms with Crippen molar-refractivity contribution in [2.24, 2.45) is 0 Å². The molecule has 1 N–H and O–H groups in total. The fraction of sp³-hybridized carbons (Fsp3) is 0.267. The van der Waals surface area contributed by atoms with E-state index in [0.717, 1.165) is 15.8 Å². The van der Waals surface area contributed by atoms with Crippen LogP contribution in [0.2, 0.25) is 0 Å². The van der Waals surface area contributed by atoms with E-state index < -0.39 is 0 Å². The number of hydrogen-bond acceptors (Lipinski definition) is 4. The van der Waals surface area contributed by atoms with Crippen molar-refractivity contribution in [3.8, 4) is 0 Å². The molecule has 0 spiro atoms. The Balaban J connectivity index is 1.75. The van der Waals surface area contributed by atoms with Gasteiger partial charge in [0.1, 0.15) is 6.61 Å². The second-order valence-corrected chi connectivity index (χ2v) is 6.71. The standard InChI is InChI=1S/C15H15BrN2O2S/c1-10(14-7-11(16)9-21-14)17-12-3-2-4-13(8-12)18-5-6-20-15(18)19/h2-4,7-10,17H,5-6H2,1H3. The summed E-state index contributed by atoms with van der Waals surface area (Å²) in [4.78, 5) is 14.5. The summed E-state index contributed by atoms with van der Waals surface area (Å²) >= 11 is 5.19. The number of anilines is 2. The van der Waals surface area contributed by atoms with E-state index in [1.54, 1.807) is 16.2 Å². The largest absolute Gasteiger partial charge is 0.447 e. The van der Waals surface area contributed by atoms with Crippen LogP contribution in [0.15, 0.2) is 40.2 Å². The van der Waals surface area contributed by atoms with Crippen molar-refractivity contribution in [2.45, 2.75) is 13.0 Å². The average Bonchev–Trinajstić information content (AvgIpc) is 3.08. The molecule has 1 unspecified atom stereocenters. The molecule has 0 saturated carbocycles. The highest BCUT2D eigenvalue weighted by Crippen LogP contribution is 2.29. The predicted octanol–water partition coefficient (Wildman–Crippen LogP) is 4.64. The summed E-state index contributed by atoms with van der Waals surface area (Å²) in [7, 11) is 0. The number of benzene rings is 1. The number of hydrogen-bond donors (Lipinski definition) is 1. The lowest BCUT2D eigenvalue weighted by Gasteiger charge is -2.17. The molecule has 21 heavy (non-hydrogen) atoms. The Bertz CT molecular complexity index is 659. The van der Waals surface area contributed by atoms with Crippen molar-refractivity contribution in [3.63, 3.8) is 0 Å². The molecule has 1 aromatic heterocycles. The van der Waals surface area contributed by atoms with Gasteiger partial charge in [0.2, 0.25) is 0 Å². The SMILES string of the molecule is CC(Nc1cccc(N2CCOC2=O)c1)c1cc(Br)cs1. The van der Waals surface area contributed by atoms with Gasteiger partial charge in [0.25, 0.3) is 0 Å². The van der Waals surface area contributed by atoms with Crippen LogP contribution in [0.5, 0.6) is 0 Å². The van der Waals surface area contributed by atoms with E-state index in [0.29, 0.717) is 13.2 Å². The Morgan fingerprint density at radius 1 is 1.43 bits per heavy atom. The first-order valence-corrected chi connectivity index (χ1v) is 8.35. The molecule has 4 nitrogen and oxygen atoms in total. The Morgan fingerprint density at radius 3 is 2.95 bits per heavy atom. The molecule has 1 aromatic carbocycles. The number of thiophene rings is 1. The minimum absolute atomic E-state index is 0.210. The van der Waals surface area contributed by atoms with Crippen LogP contribution in [0, 0.1) is 0 Å². The molecule has 1 aliphatic rings. The molecule has 6 heteroatoms. The maximum atomic E-state index is 11.6. The highest BCUT2D eigenvalue weighted by molar-refractivity contribution is 9.10. The van der Waals surface area contributed by atoms with E-state index in [1.165, 1.54) is 4.88 Å². The first kappa shape index (κ1) is 14.4. The van der Waals surface area contributed by atoms with E-state index in [-0.39, 0.29) is 12.1 Å². The van der Waals surface area contributed by atoms with E-state index in [9.17, 15) is 4.79 Å². The third-order valence-corrected chi connectivity index (χ3v) is 5.19. The summed E-state index contributed by atoms with van der Waals surface area (Å²) in [6, 6.07) is 10.2. The smallest absolute Gasteiger partial charge is 0.414 e. The lowest BCUT2D eigenvalue weighted by Crippen LogP contribution is -2.23. The van der Waals surface area contributed by atoms with Crippen LogP contribution in [0.1, 0.15) is 17.8 Å². The third kappa shape index (κ3) is 3.22. The quantitative estimate of drug-likeness (QED) is 0.856. The number of ether oxygens (including phenoxy) is 1. The predicted molar refractivity (Wildman–Crippen MR) is 89.2 cm³/mol. The van der Waals surface area contributed by atoms with Crippen LogP contribution in [0.3, 0.4) is 0 Å². The van der Waals surface area contributed by atoms with Gasteiger partial charge in [-0.1, -0.05) is 6.07 Å². The number of carbonyl (C=O) groups excluding carboxylic acids is 1. The summed E-state index contributed by atoms with van der Waals surface area (Å²) in [5.41, 5.74) is 1.85. The number of halogens is 1. The minimum atomic E-state index is -0.276. The number of carbonyl (C=O) groups is 1. The molecule has 2 heterocycles. The zero-order valence-electron chi connectivity index (χ0n) is 11.5. The minimum Gasteiger partial charge on any atom is -0.447 e. The molecule has 1 saturated heterocycles. The van der Waals surface area contributed by atoms with Crippen molar-refractivity contribution in [1.82, 2.24) is 0 Å². The number of nitrogens with one attached hydrogen (secondary N) is 1. The van der Waals surface area contributed by atoms with Crippen molar-refractivity contribution in [2.75, 3.05) is 23.4 Å². The van der Waals surface area contributed by atoms with Gasteiger partial charge in [0.15, 0.2) is 0 Å². The maximum absolute atomic E-state index is 11.6. The second kappa shape index (κ2) is 6.07. The Labute approximate surface area is 135 Å². The van der Waals surface area contributed by atoms with Crippen molar-refractivity contribution in [1.29, 1.82) is 0 Å².